The predicted molar refractivity (Wildman–Crippen MR) is 69.9 cm³/mol. The lowest BCUT2D eigenvalue weighted by atomic mass is 10.1. The van der Waals surface area contributed by atoms with Crippen molar-refractivity contribution in [1.29, 1.82) is 0 Å². The second kappa shape index (κ2) is 5.65. The van der Waals surface area contributed by atoms with E-state index in [2.05, 4.69) is 27.3 Å². The topological polar surface area (TPSA) is 49.3 Å². The van der Waals surface area contributed by atoms with Crippen LogP contribution in [0.15, 0.2) is 28.7 Å². The molecule has 2 unspecified atom stereocenters. The highest BCUT2D eigenvalue weighted by Crippen LogP contribution is 2.37. The molecule has 0 heterocycles. The third-order valence-electron chi connectivity index (χ3n) is 3.18. The van der Waals surface area contributed by atoms with Gasteiger partial charge >= 0.3 is 5.97 Å². The fourth-order valence-corrected chi connectivity index (χ4v) is 2.47. The standard InChI is InChI=1S/C13H16BrNO2/c14-12-4-2-1-3-9(12)5-6-15-8-10-7-11(10)13(16)17/h1-4,10-11,15H,5-8H2,(H,16,17). The Hall–Kier alpha value is -0.870. The van der Waals surface area contributed by atoms with E-state index in [0.717, 1.165) is 30.4 Å². The van der Waals surface area contributed by atoms with Gasteiger partial charge in [-0.05, 0) is 43.5 Å². The summed E-state index contributed by atoms with van der Waals surface area (Å²) in [5.74, 6) is -0.416. The molecular formula is C13H16BrNO2. The fourth-order valence-electron chi connectivity index (χ4n) is 1.99. The molecule has 0 radical (unpaired) electrons. The van der Waals surface area contributed by atoms with Crippen molar-refractivity contribution in [3.05, 3.63) is 34.3 Å². The van der Waals surface area contributed by atoms with Gasteiger partial charge in [0.25, 0.3) is 0 Å². The van der Waals surface area contributed by atoms with E-state index in [-0.39, 0.29) is 5.92 Å². The van der Waals surface area contributed by atoms with Crippen LogP contribution in [0, 0.1) is 11.8 Å². The highest BCUT2D eigenvalue weighted by molar-refractivity contribution is 9.10. The maximum atomic E-state index is 10.6. The Balaban J connectivity index is 1.64. The molecule has 1 aromatic rings. The van der Waals surface area contributed by atoms with E-state index in [1.54, 1.807) is 0 Å². The van der Waals surface area contributed by atoms with Gasteiger partial charge in [0, 0.05) is 4.47 Å². The number of rotatable bonds is 6. The van der Waals surface area contributed by atoms with Crippen LogP contribution in [0.25, 0.3) is 0 Å². The van der Waals surface area contributed by atoms with Crippen molar-refractivity contribution in [1.82, 2.24) is 5.32 Å². The summed E-state index contributed by atoms with van der Waals surface area (Å²) >= 11 is 3.51. The smallest absolute Gasteiger partial charge is 0.306 e. The molecule has 0 aromatic heterocycles. The molecule has 0 saturated heterocycles. The maximum absolute atomic E-state index is 10.6. The molecule has 1 aromatic carbocycles. The van der Waals surface area contributed by atoms with E-state index < -0.39 is 5.97 Å². The number of benzene rings is 1. The van der Waals surface area contributed by atoms with Crippen LogP contribution < -0.4 is 5.32 Å². The van der Waals surface area contributed by atoms with Gasteiger partial charge in [0.2, 0.25) is 0 Å². The van der Waals surface area contributed by atoms with Crippen LogP contribution >= 0.6 is 15.9 Å². The summed E-state index contributed by atoms with van der Waals surface area (Å²) in [6.45, 7) is 1.72. The molecule has 2 rings (SSSR count). The van der Waals surface area contributed by atoms with E-state index in [0.29, 0.717) is 5.92 Å². The molecule has 17 heavy (non-hydrogen) atoms. The number of aliphatic carboxylic acids is 1. The lowest BCUT2D eigenvalue weighted by Gasteiger charge is -2.05. The lowest BCUT2D eigenvalue weighted by molar-refractivity contribution is -0.138. The number of hydrogen-bond donors (Lipinski definition) is 2. The molecule has 1 aliphatic carbocycles. The van der Waals surface area contributed by atoms with Gasteiger partial charge in [0.15, 0.2) is 0 Å². The molecule has 1 saturated carbocycles. The summed E-state index contributed by atoms with van der Waals surface area (Å²) in [6, 6.07) is 8.17. The fraction of sp³-hybridized carbons (Fsp3) is 0.462. The van der Waals surface area contributed by atoms with Gasteiger partial charge in [-0.25, -0.2) is 0 Å². The van der Waals surface area contributed by atoms with Crippen LogP contribution in [0.1, 0.15) is 12.0 Å². The molecule has 0 spiro atoms. The predicted octanol–water partition coefficient (Wildman–Crippen LogP) is 2.30. The van der Waals surface area contributed by atoms with Crippen molar-refractivity contribution >= 4 is 21.9 Å². The van der Waals surface area contributed by atoms with Crippen molar-refractivity contribution in [2.45, 2.75) is 12.8 Å². The summed E-state index contributed by atoms with van der Waals surface area (Å²) in [5, 5.41) is 12.1. The van der Waals surface area contributed by atoms with Crippen molar-refractivity contribution in [3.8, 4) is 0 Å². The quantitative estimate of drug-likeness (QED) is 0.792. The SMILES string of the molecule is O=C(O)C1CC1CNCCc1ccccc1Br. The molecular weight excluding hydrogens is 282 g/mol. The van der Waals surface area contributed by atoms with Crippen molar-refractivity contribution in [2.24, 2.45) is 11.8 Å². The molecule has 1 fully saturated rings. The summed E-state index contributed by atoms with van der Waals surface area (Å²) in [6.07, 6.45) is 1.79. The van der Waals surface area contributed by atoms with Crippen LogP contribution in [0.5, 0.6) is 0 Å². The summed E-state index contributed by atoms with van der Waals surface area (Å²) in [4.78, 5) is 10.6. The molecule has 92 valence electrons. The Morgan fingerprint density at radius 3 is 2.88 bits per heavy atom. The Morgan fingerprint density at radius 2 is 2.24 bits per heavy atom. The molecule has 1 aliphatic rings. The average Bonchev–Trinajstić information content (AvgIpc) is 3.06. The minimum atomic E-state index is -0.650. The highest BCUT2D eigenvalue weighted by atomic mass is 79.9. The first-order valence-electron chi connectivity index (χ1n) is 5.85. The number of carboxylic acids is 1. The van der Waals surface area contributed by atoms with Crippen LogP contribution in [0.4, 0.5) is 0 Å². The summed E-state index contributed by atoms with van der Waals surface area (Å²) in [5.41, 5.74) is 1.28. The number of nitrogens with one attached hydrogen (secondary N) is 1. The van der Waals surface area contributed by atoms with Crippen molar-refractivity contribution < 1.29 is 9.90 Å². The number of carboxylic acid groups (broad SMARTS) is 1. The van der Waals surface area contributed by atoms with Gasteiger partial charge in [-0.15, -0.1) is 0 Å². The van der Waals surface area contributed by atoms with Gasteiger partial charge in [-0.3, -0.25) is 4.79 Å². The Bertz CT molecular complexity index is 408. The van der Waals surface area contributed by atoms with E-state index in [9.17, 15) is 4.79 Å². The van der Waals surface area contributed by atoms with E-state index >= 15 is 0 Å². The lowest BCUT2D eigenvalue weighted by Crippen LogP contribution is -2.21. The molecule has 0 aliphatic heterocycles. The molecule has 4 heteroatoms. The minimum absolute atomic E-state index is 0.106. The Labute approximate surface area is 109 Å². The van der Waals surface area contributed by atoms with Gasteiger partial charge in [0.1, 0.15) is 0 Å². The molecule has 2 atom stereocenters. The highest BCUT2D eigenvalue weighted by Gasteiger charge is 2.42. The van der Waals surface area contributed by atoms with Gasteiger partial charge in [-0.1, -0.05) is 34.1 Å². The third-order valence-corrected chi connectivity index (χ3v) is 3.95. The Kier molecular flexibility index (Phi) is 4.18. The van der Waals surface area contributed by atoms with Crippen LogP contribution in [-0.2, 0) is 11.2 Å². The molecule has 2 N–H and O–H groups in total. The van der Waals surface area contributed by atoms with Crippen LogP contribution in [0.3, 0.4) is 0 Å². The van der Waals surface area contributed by atoms with E-state index in [4.69, 9.17) is 5.11 Å². The zero-order valence-electron chi connectivity index (χ0n) is 9.53. The number of carbonyl (C=O) groups is 1. The summed E-state index contributed by atoms with van der Waals surface area (Å²) < 4.78 is 1.14. The average molecular weight is 298 g/mol. The molecule has 0 bridgehead atoms. The zero-order chi connectivity index (χ0) is 12.3. The van der Waals surface area contributed by atoms with Crippen molar-refractivity contribution in [2.75, 3.05) is 13.1 Å². The second-order valence-corrected chi connectivity index (χ2v) is 5.34. The number of halogens is 1. The number of hydrogen-bond acceptors (Lipinski definition) is 2. The first-order valence-corrected chi connectivity index (χ1v) is 6.64. The zero-order valence-corrected chi connectivity index (χ0v) is 11.1. The minimum Gasteiger partial charge on any atom is -0.481 e. The molecule has 3 nitrogen and oxygen atoms in total. The van der Waals surface area contributed by atoms with Crippen molar-refractivity contribution in [3.63, 3.8) is 0 Å². The van der Waals surface area contributed by atoms with Gasteiger partial charge in [0.05, 0.1) is 5.92 Å². The van der Waals surface area contributed by atoms with Gasteiger partial charge < -0.3 is 10.4 Å². The second-order valence-electron chi connectivity index (χ2n) is 4.49. The third kappa shape index (κ3) is 3.54. The largest absolute Gasteiger partial charge is 0.481 e. The van der Waals surface area contributed by atoms with Crippen LogP contribution in [0.2, 0.25) is 0 Å². The summed E-state index contributed by atoms with van der Waals surface area (Å²) in [7, 11) is 0. The molecule has 0 amide bonds. The normalized spacial score (nSPS) is 22.4. The monoisotopic (exact) mass is 297 g/mol. The van der Waals surface area contributed by atoms with E-state index in [1.807, 2.05) is 18.2 Å². The maximum Gasteiger partial charge on any atom is 0.306 e. The first kappa shape index (κ1) is 12.6. The van der Waals surface area contributed by atoms with Crippen LogP contribution in [-0.4, -0.2) is 24.2 Å². The van der Waals surface area contributed by atoms with Gasteiger partial charge in [-0.2, -0.15) is 0 Å². The first-order chi connectivity index (χ1) is 8.18. The van der Waals surface area contributed by atoms with E-state index in [1.165, 1.54) is 5.56 Å². The Morgan fingerprint density at radius 1 is 1.47 bits per heavy atom.